The summed E-state index contributed by atoms with van der Waals surface area (Å²) < 4.78 is 11.0. The highest BCUT2D eigenvalue weighted by Gasteiger charge is 2.18. The molecule has 0 aliphatic carbocycles. The molecule has 1 aliphatic heterocycles. The monoisotopic (exact) mass is 322 g/mol. The van der Waals surface area contributed by atoms with Gasteiger partial charge in [0.05, 0.1) is 13.2 Å². The fourth-order valence-electron chi connectivity index (χ4n) is 3.08. The number of hydrogen-bond donors (Lipinski definition) is 1. The van der Waals surface area contributed by atoms with Crippen molar-refractivity contribution in [2.45, 2.75) is 19.1 Å². The Hall–Kier alpha value is -2.50. The molecule has 0 bridgehead atoms. The van der Waals surface area contributed by atoms with E-state index in [1.54, 1.807) is 6.20 Å². The first-order valence-corrected chi connectivity index (χ1v) is 8.04. The van der Waals surface area contributed by atoms with Gasteiger partial charge in [0.2, 0.25) is 0 Å². The number of Topliss-reactive ketones (excluding diaryl/α,β-unsaturated/α-hetero) is 1. The Bertz CT molecular complexity index is 866. The Kier molecular flexibility index (Phi) is 4.11. The molecule has 0 unspecified atom stereocenters. The van der Waals surface area contributed by atoms with Crippen LogP contribution in [0.3, 0.4) is 0 Å². The molecule has 1 aliphatic rings. The molecule has 1 aromatic carbocycles. The minimum absolute atomic E-state index is 0.175. The van der Waals surface area contributed by atoms with E-state index < -0.39 is 0 Å². The Balaban J connectivity index is 1.48. The lowest BCUT2D eigenvalue weighted by atomic mass is 10.0. The van der Waals surface area contributed by atoms with E-state index >= 15 is 0 Å². The van der Waals surface area contributed by atoms with Crippen LogP contribution in [0.15, 0.2) is 48.8 Å². The first-order chi connectivity index (χ1) is 11.8. The average molecular weight is 322 g/mol. The third-order valence-electron chi connectivity index (χ3n) is 4.18. The van der Waals surface area contributed by atoms with Crippen molar-refractivity contribution in [3.63, 3.8) is 0 Å². The SMILES string of the molecule is O=C(Cc1cccc(C2OCCO2)c1)Cc1ccnc2[nH]ccc12. The smallest absolute Gasteiger partial charge is 0.184 e. The lowest BCUT2D eigenvalue weighted by Gasteiger charge is -2.10. The lowest BCUT2D eigenvalue weighted by molar-refractivity contribution is -0.117. The highest BCUT2D eigenvalue weighted by molar-refractivity contribution is 5.88. The summed E-state index contributed by atoms with van der Waals surface area (Å²) >= 11 is 0. The molecule has 0 atom stereocenters. The van der Waals surface area contributed by atoms with E-state index in [0.29, 0.717) is 26.1 Å². The van der Waals surface area contributed by atoms with Gasteiger partial charge in [0.15, 0.2) is 6.29 Å². The van der Waals surface area contributed by atoms with Crippen LogP contribution in [0.1, 0.15) is 23.0 Å². The van der Waals surface area contributed by atoms with Gasteiger partial charge in [0, 0.05) is 36.2 Å². The second-order valence-electron chi connectivity index (χ2n) is 5.92. The molecule has 4 rings (SSSR count). The Labute approximate surface area is 139 Å². The highest BCUT2D eigenvalue weighted by atomic mass is 16.7. The molecule has 0 saturated carbocycles. The predicted octanol–water partition coefficient (Wildman–Crippen LogP) is 2.96. The van der Waals surface area contributed by atoms with Gasteiger partial charge in [-0.25, -0.2) is 4.98 Å². The standard InChI is InChI=1S/C19H18N2O3/c22-16(12-14-4-6-20-18-17(14)5-7-21-18)11-13-2-1-3-15(10-13)19-23-8-9-24-19/h1-7,10,19H,8-9,11-12H2,(H,20,21). The van der Waals surface area contributed by atoms with Gasteiger partial charge in [-0.2, -0.15) is 0 Å². The van der Waals surface area contributed by atoms with Gasteiger partial charge in [-0.05, 0) is 23.3 Å². The summed E-state index contributed by atoms with van der Waals surface area (Å²) in [7, 11) is 0. The summed E-state index contributed by atoms with van der Waals surface area (Å²) in [5.41, 5.74) is 3.77. The fourth-order valence-corrected chi connectivity index (χ4v) is 3.08. The maximum Gasteiger partial charge on any atom is 0.184 e. The van der Waals surface area contributed by atoms with Crippen molar-refractivity contribution < 1.29 is 14.3 Å². The zero-order valence-electron chi connectivity index (χ0n) is 13.2. The van der Waals surface area contributed by atoms with Gasteiger partial charge in [-0.1, -0.05) is 24.3 Å². The second kappa shape index (κ2) is 6.55. The molecule has 1 N–H and O–H groups in total. The molecular formula is C19H18N2O3. The minimum Gasteiger partial charge on any atom is -0.346 e. The van der Waals surface area contributed by atoms with Crippen LogP contribution >= 0.6 is 0 Å². The molecular weight excluding hydrogens is 304 g/mol. The quantitative estimate of drug-likeness (QED) is 0.784. The van der Waals surface area contributed by atoms with E-state index in [2.05, 4.69) is 9.97 Å². The van der Waals surface area contributed by atoms with Crippen molar-refractivity contribution in [3.8, 4) is 0 Å². The number of aromatic amines is 1. The Morgan fingerprint density at radius 3 is 2.92 bits per heavy atom. The van der Waals surface area contributed by atoms with Crippen molar-refractivity contribution in [1.82, 2.24) is 9.97 Å². The van der Waals surface area contributed by atoms with E-state index in [4.69, 9.17) is 9.47 Å². The number of carbonyl (C=O) groups excluding carboxylic acids is 1. The summed E-state index contributed by atoms with van der Waals surface area (Å²) in [6.07, 6.45) is 4.07. The van der Waals surface area contributed by atoms with E-state index in [0.717, 1.165) is 27.7 Å². The number of benzene rings is 1. The topological polar surface area (TPSA) is 64.2 Å². The second-order valence-corrected chi connectivity index (χ2v) is 5.92. The van der Waals surface area contributed by atoms with E-state index in [1.165, 1.54) is 0 Å². The first-order valence-electron chi connectivity index (χ1n) is 8.04. The molecule has 122 valence electrons. The van der Waals surface area contributed by atoms with Crippen LogP contribution in [0.2, 0.25) is 0 Å². The third kappa shape index (κ3) is 3.09. The summed E-state index contributed by atoms with van der Waals surface area (Å²) in [6, 6.07) is 11.7. The molecule has 3 aromatic rings. The number of ether oxygens (including phenoxy) is 2. The van der Waals surface area contributed by atoms with Crippen LogP contribution < -0.4 is 0 Å². The normalized spacial score (nSPS) is 15.2. The van der Waals surface area contributed by atoms with Crippen molar-refractivity contribution in [2.24, 2.45) is 0 Å². The lowest BCUT2D eigenvalue weighted by Crippen LogP contribution is -2.08. The average Bonchev–Trinajstić information content (AvgIpc) is 3.27. The van der Waals surface area contributed by atoms with Crippen LogP contribution in [-0.2, 0) is 27.1 Å². The number of rotatable bonds is 5. The van der Waals surface area contributed by atoms with E-state index in [1.807, 2.05) is 42.6 Å². The third-order valence-corrected chi connectivity index (χ3v) is 4.18. The van der Waals surface area contributed by atoms with Gasteiger partial charge in [-0.15, -0.1) is 0 Å². The largest absolute Gasteiger partial charge is 0.346 e. The number of H-pyrrole nitrogens is 1. The van der Waals surface area contributed by atoms with Gasteiger partial charge < -0.3 is 14.5 Å². The molecule has 0 spiro atoms. The highest BCUT2D eigenvalue weighted by Crippen LogP contribution is 2.24. The number of pyridine rings is 1. The maximum absolute atomic E-state index is 12.5. The number of aromatic nitrogens is 2. The molecule has 2 aromatic heterocycles. The van der Waals surface area contributed by atoms with Crippen LogP contribution in [0, 0.1) is 0 Å². The van der Waals surface area contributed by atoms with Crippen LogP contribution in [0.25, 0.3) is 11.0 Å². The molecule has 1 fully saturated rings. The molecule has 5 nitrogen and oxygen atoms in total. The van der Waals surface area contributed by atoms with Gasteiger partial charge in [0.1, 0.15) is 11.4 Å². The Morgan fingerprint density at radius 1 is 1.17 bits per heavy atom. The maximum atomic E-state index is 12.5. The van der Waals surface area contributed by atoms with Crippen LogP contribution in [-0.4, -0.2) is 29.0 Å². The summed E-state index contributed by atoms with van der Waals surface area (Å²) in [5.74, 6) is 0.175. The molecule has 24 heavy (non-hydrogen) atoms. The van der Waals surface area contributed by atoms with Gasteiger partial charge in [-0.3, -0.25) is 4.79 Å². The molecule has 0 amide bonds. The van der Waals surface area contributed by atoms with Crippen LogP contribution in [0.4, 0.5) is 0 Å². The molecule has 1 saturated heterocycles. The van der Waals surface area contributed by atoms with Crippen molar-refractivity contribution in [2.75, 3.05) is 13.2 Å². The fraction of sp³-hybridized carbons (Fsp3) is 0.263. The zero-order chi connectivity index (χ0) is 16.4. The number of carbonyl (C=O) groups is 1. The summed E-state index contributed by atoms with van der Waals surface area (Å²) in [5, 5.41) is 1.01. The van der Waals surface area contributed by atoms with Gasteiger partial charge in [0.25, 0.3) is 0 Å². The first kappa shape index (κ1) is 15.1. The molecule has 3 heterocycles. The number of nitrogens with one attached hydrogen (secondary N) is 1. The number of fused-ring (bicyclic) bond motifs is 1. The van der Waals surface area contributed by atoms with Crippen molar-refractivity contribution in [1.29, 1.82) is 0 Å². The summed E-state index contributed by atoms with van der Waals surface area (Å²) in [4.78, 5) is 19.8. The van der Waals surface area contributed by atoms with E-state index in [-0.39, 0.29) is 12.1 Å². The minimum atomic E-state index is -0.306. The van der Waals surface area contributed by atoms with Crippen molar-refractivity contribution in [3.05, 3.63) is 65.5 Å². The predicted molar refractivity (Wildman–Crippen MR) is 89.6 cm³/mol. The van der Waals surface area contributed by atoms with Gasteiger partial charge >= 0.3 is 0 Å². The number of hydrogen-bond acceptors (Lipinski definition) is 4. The number of ketones is 1. The van der Waals surface area contributed by atoms with Crippen molar-refractivity contribution >= 4 is 16.8 Å². The molecule has 5 heteroatoms. The molecule has 0 radical (unpaired) electrons. The van der Waals surface area contributed by atoms with E-state index in [9.17, 15) is 4.79 Å². The van der Waals surface area contributed by atoms with Crippen LogP contribution in [0.5, 0.6) is 0 Å². The summed E-state index contributed by atoms with van der Waals surface area (Å²) in [6.45, 7) is 1.23. The number of nitrogens with zero attached hydrogens (tertiary/aromatic N) is 1. The Morgan fingerprint density at radius 2 is 2.04 bits per heavy atom. The zero-order valence-corrected chi connectivity index (χ0v) is 13.2.